The van der Waals surface area contributed by atoms with E-state index in [0.29, 0.717) is 0 Å². The Balaban J connectivity index is 4.58. The molecule has 0 saturated carbocycles. The predicted octanol–water partition coefficient (Wildman–Crippen LogP) is 3.88. The second-order valence-electron chi connectivity index (χ2n) is 6.01. The van der Waals surface area contributed by atoms with Gasteiger partial charge in [0.05, 0.1) is 0 Å². The van der Waals surface area contributed by atoms with Crippen molar-refractivity contribution in [2.45, 2.75) is 52.8 Å². The van der Waals surface area contributed by atoms with Gasteiger partial charge in [0, 0.05) is 0 Å². The maximum absolute atomic E-state index is 6.25. The van der Waals surface area contributed by atoms with Gasteiger partial charge in [-0.1, -0.05) is 5.20 Å². The summed E-state index contributed by atoms with van der Waals surface area (Å²) in [5.74, 6) is 0. The Morgan fingerprint density at radius 3 is 1.53 bits per heavy atom. The zero-order chi connectivity index (χ0) is 12.5. The average molecular weight is 263 g/mol. The van der Waals surface area contributed by atoms with Gasteiger partial charge in [-0.15, -0.1) is 6.58 Å². The number of hydrogen-bond donors (Lipinski definition) is 0. The van der Waals surface area contributed by atoms with Gasteiger partial charge < -0.3 is 8.23 Å². The second-order valence-corrected chi connectivity index (χ2v) is 18.5. The monoisotopic (exact) mass is 262 g/mol. The highest BCUT2D eigenvalue weighted by Gasteiger charge is 2.38. The van der Waals surface area contributed by atoms with Gasteiger partial charge in [-0.2, -0.15) is 0 Å². The number of rotatable bonds is 5. The number of allylic oxidation sites excluding steroid dienone is 1. The Morgan fingerprint density at radius 1 is 0.867 bits per heavy atom. The van der Waals surface area contributed by atoms with Crippen molar-refractivity contribution in [3.8, 4) is 0 Å². The molecule has 0 amide bonds. The van der Waals surface area contributed by atoms with Crippen LogP contribution in [0.2, 0.25) is 45.8 Å². The molecular weight excluding hydrogens is 236 g/mol. The van der Waals surface area contributed by atoms with Gasteiger partial charge in [-0.25, -0.2) is 0 Å². The van der Waals surface area contributed by atoms with Gasteiger partial charge >= 0.3 is 8.56 Å². The maximum atomic E-state index is 6.25. The fourth-order valence-electron chi connectivity index (χ4n) is 1.46. The van der Waals surface area contributed by atoms with E-state index in [0.717, 1.165) is 0 Å². The molecule has 0 rings (SSSR count). The third-order valence-corrected chi connectivity index (χ3v) is 12.6. The van der Waals surface area contributed by atoms with Gasteiger partial charge in [-0.05, 0) is 52.8 Å². The van der Waals surface area contributed by atoms with Crippen LogP contribution in [0.15, 0.2) is 11.8 Å². The standard InChI is InChI=1S/C10H26O2Si3/c1-10(2)14(6,7)12-15(8,9)11-13(3,4)5/h1H2,2-9H3. The lowest BCUT2D eigenvalue weighted by Gasteiger charge is -2.37. The summed E-state index contributed by atoms with van der Waals surface area (Å²) in [4.78, 5) is 0. The molecule has 0 atom stereocenters. The first-order valence-corrected chi connectivity index (χ1v) is 14.6. The summed E-state index contributed by atoms with van der Waals surface area (Å²) in [7, 11) is -5.22. The lowest BCUT2D eigenvalue weighted by molar-refractivity contribution is 0.396. The van der Waals surface area contributed by atoms with Crippen LogP contribution in [0.3, 0.4) is 0 Å². The van der Waals surface area contributed by atoms with E-state index in [1.165, 1.54) is 5.20 Å². The predicted molar refractivity (Wildman–Crippen MR) is 75.3 cm³/mol. The second kappa shape index (κ2) is 4.67. The van der Waals surface area contributed by atoms with E-state index in [2.05, 4.69) is 59.3 Å². The van der Waals surface area contributed by atoms with Gasteiger partial charge in [-0.3, -0.25) is 0 Å². The summed E-state index contributed by atoms with van der Waals surface area (Å²) in [6.45, 7) is 21.4. The van der Waals surface area contributed by atoms with Crippen LogP contribution >= 0.6 is 0 Å². The molecule has 0 bridgehead atoms. The van der Waals surface area contributed by atoms with Crippen molar-refractivity contribution in [3.05, 3.63) is 11.8 Å². The van der Waals surface area contributed by atoms with Crippen LogP contribution < -0.4 is 0 Å². The first-order valence-electron chi connectivity index (χ1n) is 5.42. The molecule has 0 heterocycles. The molecule has 0 aromatic rings. The Bertz CT molecular complexity index is 242. The van der Waals surface area contributed by atoms with Crippen LogP contribution in [0.5, 0.6) is 0 Å². The maximum Gasteiger partial charge on any atom is 0.311 e. The van der Waals surface area contributed by atoms with Crippen molar-refractivity contribution >= 4 is 25.2 Å². The minimum Gasteiger partial charge on any atom is -0.437 e. The molecule has 0 radical (unpaired) electrons. The molecule has 0 fully saturated rings. The molecule has 15 heavy (non-hydrogen) atoms. The molecule has 0 aromatic heterocycles. The van der Waals surface area contributed by atoms with E-state index >= 15 is 0 Å². The van der Waals surface area contributed by atoms with Crippen LogP contribution in [0, 0.1) is 0 Å². The van der Waals surface area contributed by atoms with E-state index in [1.54, 1.807) is 0 Å². The molecule has 0 spiro atoms. The Labute approximate surface area is 98.2 Å². The third-order valence-electron chi connectivity index (χ3n) is 2.08. The highest BCUT2D eigenvalue weighted by molar-refractivity contribution is 6.90. The van der Waals surface area contributed by atoms with E-state index in [4.69, 9.17) is 8.23 Å². The fourth-order valence-corrected chi connectivity index (χ4v) is 13.5. The molecule has 0 aliphatic rings. The van der Waals surface area contributed by atoms with Crippen molar-refractivity contribution < 1.29 is 8.23 Å². The zero-order valence-electron chi connectivity index (χ0n) is 11.5. The van der Waals surface area contributed by atoms with Crippen LogP contribution in [0.1, 0.15) is 6.92 Å². The quantitative estimate of drug-likeness (QED) is 0.700. The van der Waals surface area contributed by atoms with Gasteiger partial charge in [0.1, 0.15) is 0 Å². The molecule has 90 valence electrons. The fraction of sp³-hybridized carbons (Fsp3) is 0.800. The first-order chi connectivity index (χ1) is 6.36. The van der Waals surface area contributed by atoms with Crippen LogP contribution in [-0.2, 0) is 8.23 Å². The molecule has 0 aliphatic carbocycles. The normalized spacial score (nSPS) is 14.1. The van der Waals surface area contributed by atoms with Crippen LogP contribution in [0.4, 0.5) is 0 Å². The molecule has 0 saturated heterocycles. The lowest BCUT2D eigenvalue weighted by atomic mass is 10.8. The molecule has 0 unspecified atom stereocenters. The molecule has 2 nitrogen and oxygen atoms in total. The summed E-state index contributed by atoms with van der Waals surface area (Å²) in [5.41, 5.74) is 0. The molecule has 5 heteroatoms. The van der Waals surface area contributed by atoms with Gasteiger partial charge in [0.2, 0.25) is 8.32 Å². The Morgan fingerprint density at radius 2 is 1.27 bits per heavy atom. The van der Waals surface area contributed by atoms with Crippen LogP contribution in [-0.4, -0.2) is 25.2 Å². The Kier molecular flexibility index (Phi) is 4.76. The minimum absolute atomic E-state index is 1.18. The van der Waals surface area contributed by atoms with E-state index in [-0.39, 0.29) is 0 Å². The summed E-state index contributed by atoms with van der Waals surface area (Å²) >= 11 is 0. The van der Waals surface area contributed by atoms with Crippen molar-refractivity contribution in [1.82, 2.24) is 0 Å². The SMILES string of the molecule is C=C(C)[Si](C)(C)O[Si](C)(C)O[Si](C)(C)C. The molecule has 0 N–H and O–H groups in total. The largest absolute Gasteiger partial charge is 0.437 e. The summed E-state index contributed by atoms with van der Waals surface area (Å²) in [6, 6.07) is 0. The summed E-state index contributed by atoms with van der Waals surface area (Å²) in [6.07, 6.45) is 0. The topological polar surface area (TPSA) is 18.5 Å². The highest BCUT2D eigenvalue weighted by Crippen LogP contribution is 2.23. The van der Waals surface area contributed by atoms with Crippen molar-refractivity contribution in [2.75, 3.05) is 0 Å². The van der Waals surface area contributed by atoms with E-state index < -0.39 is 25.2 Å². The average Bonchev–Trinajstić information content (AvgIpc) is 1.75. The molecule has 0 aromatic carbocycles. The number of hydrogen-bond acceptors (Lipinski definition) is 2. The lowest BCUT2D eigenvalue weighted by Crippen LogP contribution is -2.51. The van der Waals surface area contributed by atoms with Crippen molar-refractivity contribution in [1.29, 1.82) is 0 Å². The smallest absolute Gasteiger partial charge is 0.311 e. The highest BCUT2D eigenvalue weighted by atomic mass is 28.5. The van der Waals surface area contributed by atoms with Crippen molar-refractivity contribution in [2.24, 2.45) is 0 Å². The molecular formula is C10H26O2Si3. The van der Waals surface area contributed by atoms with Gasteiger partial charge in [0.25, 0.3) is 0 Å². The minimum atomic E-state index is -1.97. The third kappa shape index (κ3) is 6.47. The zero-order valence-corrected chi connectivity index (χ0v) is 14.5. The molecule has 0 aliphatic heterocycles. The van der Waals surface area contributed by atoms with Gasteiger partial charge in [0.15, 0.2) is 8.32 Å². The first kappa shape index (κ1) is 15.3. The van der Waals surface area contributed by atoms with E-state index in [9.17, 15) is 0 Å². The summed E-state index contributed by atoms with van der Waals surface area (Å²) < 4.78 is 12.4. The summed E-state index contributed by atoms with van der Waals surface area (Å²) in [5, 5.41) is 1.18. The Hall–Kier alpha value is 0.311. The van der Waals surface area contributed by atoms with Crippen LogP contribution in [0.25, 0.3) is 0 Å². The van der Waals surface area contributed by atoms with Crippen molar-refractivity contribution in [3.63, 3.8) is 0 Å². The van der Waals surface area contributed by atoms with E-state index in [1.807, 2.05) is 0 Å².